The van der Waals surface area contributed by atoms with Crippen LogP contribution in [0.4, 0.5) is 0 Å². The van der Waals surface area contributed by atoms with Gasteiger partial charge in [-0.05, 0) is 29.5 Å². The Hall–Kier alpha value is -1.31. The monoisotopic (exact) mass is 188 g/mol. The van der Waals surface area contributed by atoms with Crippen molar-refractivity contribution in [3.05, 3.63) is 36.3 Å². The number of rotatable bonds is 2. The highest BCUT2D eigenvalue weighted by molar-refractivity contribution is 5.39. The summed E-state index contributed by atoms with van der Waals surface area (Å²) in [6.45, 7) is 6.71. The molecule has 0 aromatic carbocycles. The third kappa shape index (κ3) is 1.41. The van der Waals surface area contributed by atoms with E-state index in [9.17, 15) is 0 Å². The van der Waals surface area contributed by atoms with E-state index < -0.39 is 0 Å². The van der Waals surface area contributed by atoms with Crippen LogP contribution in [0.2, 0.25) is 0 Å². The van der Waals surface area contributed by atoms with E-state index in [1.807, 2.05) is 24.5 Å². The summed E-state index contributed by atoms with van der Waals surface area (Å²) < 4.78 is 2.08. The van der Waals surface area contributed by atoms with E-state index in [1.54, 1.807) is 0 Å². The Kier molecular flexibility index (Phi) is 2.06. The largest absolute Gasteiger partial charge is 0.308 e. The van der Waals surface area contributed by atoms with E-state index in [0.717, 1.165) is 12.1 Å². The smallest absolute Gasteiger partial charge is 0.136 e. The van der Waals surface area contributed by atoms with Gasteiger partial charge in [0.2, 0.25) is 0 Å². The first kappa shape index (κ1) is 9.25. The van der Waals surface area contributed by atoms with Crippen LogP contribution in [0.1, 0.15) is 32.8 Å². The molecule has 0 aliphatic heterocycles. The van der Waals surface area contributed by atoms with Crippen LogP contribution in [-0.4, -0.2) is 9.38 Å². The van der Waals surface area contributed by atoms with Gasteiger partial charge >= 0.3 is 0 Å². The Labute approximate surface area is 84.6 Å². The maximum Gasteiger partial charge on any atom is 0.136 e. The number of hydrogen-bond donors (Lipinski definition) is 0. The molecule has 2 nitrogen and oxygen atoms in total. The van der Waals surface area contributed by atoms with E-state index in [-0.39, 0.29) is 5.41 Å². The molecule has 0 spiro atoms. The molecule has 0 aliphatic rings. The van der Waals surface area contributed by atoms with Gasteiger partial charge in [0, 0.05) is 18.6 Å². The van der Waals surface area contributed by atoms with Gasteiger partial charge in [-0.1, -0.05) is 20.8 Å². The van der Waals surface area contributed by atoms with Gasteiger partial charge in [-0.15, -0.1) is 0 Å². The van der Waals surface area contributed by atoms with E-state index in [0.29, 0.717) is 0 Å². The molecule has 14 heavy (non-hydrogen) atoms. The number of nitrogens with zero attached hydrogens (tertiary/aromatic N) is 2. The molecule has 2 heterocycles. The van der Waals surface area contributed by atoms with Gasteiger partial charge in [0.05, 0.1) is 0 Å². The van der Waals surface area contributed by atoms with Crippen molar-refractivity contribution in [3.8, 4) is 0 Å². The van der Waals surface area contributed by atoms with Crippen LogP contribution in [0.25, 0.3) is 5.65 Å². The summed E-state index contributed by atoms with van der Waals surface area (Å²) in [5.41, 5.74) is 2.52. The Balaban J connectivity index is 2.53. The third-order valence-electron chi connectivity index (χ3n) is 3.04. The normalized spacial score (nSPS) is 12.2. The molecule has 0 N–H and O–H groups in total. The van der Waals surface area contributed by atoms with Crippen LogP contribution in [-0.2, 0) is 5.41 Å². The lowest BCUT2D eigenvalue weighted by Crippen LogP contribution is -2.16. The fourth-order valence-corrected chi connectivity index (χ4v) is 1.48. The van der Waals surface area contributed by atoms with Crippen molar-refractivity contribution in [1.29, 1.82) is 0 Å². The molecule has 74 valence electrons. The molecule has 2 aromatic rings. The Morgan fingerprint density at radius 1 is 1.43 bits per heavy atom. The van der Waals surface area contributed by atoms with Crippen LogP contribution < -0.4 is 0 Å². The maximum absolute atomic E-state index is 4.42. The highest BCUT2D eigenvalue weighted by atomic mass is 15.0. The summed E-state index contributed by atoms with van der Waals surface area (Å²) in [4.78, 5) is 4.42. The van der Waals surface area contributed by atoms with Crippen LogP contribution >= 0.6 is 0 Å². The summed E-state index contributed by atoms with van der Waals surface area (Å²) in [6.07, 6.45) is 7.32. The van der Waals surface area contributed by atoms with Gasteiger partial charge in [0.1, 0.15) is 5.65 Å². The zero-order chi connectivity index (χ0) is 10.2. The predicted molar refractivity (Wildman–Crippen MR) is 58.5 cm³/mol. The topological polar surface area (TPSA) is 17.3 Å². The zero-order valence-corrected chi connectivity index (χ0v) is 8.99. The van der Waals surface area contributed by atoms with Crippen molar-refractivity contribution in [2.45, 2.75) is 32.6 Å². The first-order valence-corrected chi connectivity index (χ1v) is 5.07. The molecule has 0 fully saturated rings. The summed E-state index contributed by atoms with van der Waals surface area (Å²) >= 11 is 0. The number of hydrogen-bond acceptors (Lipinski definition) is 1. The van der Waals surface area contributed by atoms with E-state index in [1.165, 1.54) is 5.56 Å². The van der Waals surface area contributed by atoms with Gasteiger partial charge in [0.25, 0.3) is 0 Å². The maximum atomic E-state index is 4.42. The number of aromatic nitrogens is 2. The minimum atomic E-state index is 0.214. The second-order valence-electron chi connectivity index (χ2n) is 4.35. The molecule has 0 unspecified atom stereocenters. The second kappa shape index (κ2) is 3.12. The Morgan fingerprint density at radius 3 is 2.93 bits per heavy atom. The summed E-state index contributed by atoms with van der Waals surface area (Å²) in [5.74, 6) is 0. The highest BCUT2D eigenvalue weighted by Crippen LogP contribution is 2.25. The SMILES string of the molecule is CCC(C)(C)c1cnc2cccn2c1. The number of fused-ring (bicyclic) bond motifs is 1. The lowest BCUT2D eigenvalue weighted by molar-refractivity contribution is 0.502. The van der Waals surface area contributed by atoms with Gasteiger partial charge in [-0.3, -0.25) is 0 Å². The molecule has 2 aromatic heterocycles. The van der Waals surface area contributed by atoms with Crippen molar-refractivity contribution in [3.63, 3.8) is 0 Å². The standard InChI is InChI=1S/C12H16N2/c1-4-12(2,3)10-8-13-11-6-5-7-14(11)9-10/h5-9H,4H2,1-3H3. The molecule has 0 saturated heterocycles. The predicted octanol–water partition coefficient (Wildman–Crippen LogP) is 3.02. The van der Waals surface area contributed by atoms with E-state index in [4.69, 9.17) is 0 Å². The minimum Gasteiger partial charge on any atom is -0.308 e. The van der Waals surface area contributed by atoms with Crippen molar-refractivity contribution in [2.24, 2.45) is 0 Å². The molecule has 0 atom stereocenters. The fourth-order valence-electron chi connectivity index (χ4n) is 1.48. The Bertz CT molecular complexity index is 440. The molecular weight excluding hydrogens is 172 g/mol. The summed E-state index contributed by atoms with van der Waals surface area (Å²) in [6, 6.07) is 4.04. The van der Waals surface area contributed by atoms with Crippen LogP contribution in [0, 0.1) is 0 Å². The quantitative estimate of drug-likeness (QED) is 0.708. The summed E-state index contributed by atoms with van der Waals surface area (Å²) in [5, 5.41) is 0. The van der Waals surface area contributed by atoms with E-state index in [2.05, 4.69) is 36.4 Å². The molecule has 0 aliphatic carbocycles. The first-order chi connectivity index (χ1) is 6.63. The van der Waals surface area contributed by atoms with Crippen molar-refractivity contribution < 1.29 is 0 Å². The zero-order valence-electron chi connectivity index (χ0n) is 8.99. The van der Waals surface area contributed by atoms with Gasteiger partial charge in [-0.2, -0.15) is 0 Å². The molecule has 2 heteroatoms. The lowest BCUT2D eigenvalue weighted by atomic mass is 9.84. The average molecular weight is 188 g/mol. The first-order valence-electron chi connectivity index (χ1n) is 5.07. The highest BCUT2D eigenvalue weighted by Gasteiger charge is 2.18. The average Bonchev–Trinajstić information content (AvgIpc) is 2.64. The molecule has 0 bridgehead atoms. The molecule has 2 rings (SSSR count). The second-order valence-corrected chi connectivity index (χ2v) is 4.35. The molecular formula is C12H16N2. The van der Waals surface area contributed by atoms with Gasteiger partial charge < -0.3 is 4.40 Å². The van der Waals surface area contributed by atoms with Crippen LogP contribution in [0.15, 0.2) is 30.7 Å². The van der Waals surface area contributed by atoms with Crippen LogP contribution in [0.5, 0.6) is 0 Å². The molecule has 0 saturated carbocycles. The minimum absolute atomic E-state index is 0.214. The Morgan fingerprint density at radius 2 is 2.21 bits per heavy atom. The van der Waals surface area contributed by atoms with Gasteiger partial charge in [0.15, 0.2) is 0 Å². The van der Waals surface area contributed by atoms with Crippen molar-refractivity contribution in [2.75, 3.05) is 0 Å². The summed E-state index contributed by atoms with van der Waals surface area (Å²) in [7, 11) is 0. The third-order valence-corrected chi connectivity index (χ3v) is 3.04. The van der Waals surface area contributed by atoms with Crippen LogP contribution in [0.3, 0.4) is 0 Å². The van der Waals surface area contributed by atoms with Crippen molar-refractivity contribution in [1.82, 2.24) is 9.38 Å². The fraction of sp³-hybridized carbons (Fsp3) is 0.417. The lowest BCUT2D eigenvalue weighted by Gasteiger charge is -2.22. The van der Waals surface area contributed by atoms with Crippen molar-refractivity contribution >= 4 is 5.65 Å². The molecule has 0 amide bonds. The molecule has 0 radical (unpaired) electrons. The van der Waals surface area contributed by atoms with E-state index >= 15 is 0 Å². The van der Waals surface area contributed by atoms with Gasteiger partial charge in [-0.25, -0.2) is 4.98 Å².